The molecule has 1 unspecified atom stereocenters. The van der Waals surface area contributed by atoms with Crippen molar-refractivity contribution in [1.29, 1.82) is 0 Å². The highest BCUT2D eigenvalue weighted by Crippen LogP contribution is 2.27. The maximum Gasteiger partial charge on any atom is 0.185 e. The van der Waals surface area contributed by atoms with Crippen molar-refractivity contribution in [3.05, 3.63) is 65.2 Å². The molecule has 2 heteroatoms. The van der Waals surface area contributed by atoms with Gasteiger partial charge in [-0.3, -0.25) is 4.79 Å². The molecular weight excluding hydrogens is 234 g/mol. The van der Waals surface area contributed by atoms with Gasteiger partial charge in [-0.15, -0.1) is 0 Å². The Kier molecular flexibility index (Phi) is 3.08. The minimum absolute atomic E-state index is 0.121. The number of hydrogen-bond donors (Lipinski definition) is 1. The van der Waals surface area contributed by atoms with Gasteiger partial charge in [-0.2, -0.15) is 0 Å². The fourth-order valence-corrected chi connectivity index (χ4v) is 2.60. The number of nitrogens with one attached hydrogen (secondary N) is 1. The number of aryl methyl sites for hydroxylation is 1. The van der Waals surface area contributed by atoms with Crippen LogP contribution in [0.2, 0.25) is 0 Å². The fraction of sp³-hybridized carbons (Fsp3) is 0.235. The SMILES string of the molecule is CCc1cccc(C(=O)C2Cc3ccccc3N2)c1. The minimum Gasteiger partial charge on any atom is -0.374 e. The Bertz CT molecular complexity index is 593. The lowest BCUT2D eigenvalue weighted by Crippen LogP contribution is -2.27. The van der Waals surface area contributed by atoms with Crippen molar-refractivity contribution < 1.29 is 4.79 Å². The molecule has 1 aliphatic heterocycles. The molecule has 0 saturated heterocycles. The second-order valence-corrected chi connectivity index (χ2v) is 4.98. The van der Waals surface area contributed by atoms with E-state index in [0.29, 0.717) is 0 Å². The third-order valence-corrected chi connectivity index (χ3v) is 3.71. The Morgan fingerprint density at radius 2 is 2.05 bits per heavy atom. The summed E-state index contributed by atoms with van der Waals surface area (Å²) in [5, 5.41) is 3.32. The van der Waals surface area contributed by atoms with E-state index in [0.717, 1.165) is 24.1 Å². The molecule has 0 saturated carbocycles. The zero-order valence-corrected chi connectivity index (χ0v) is 11.0. The molecule has 0 amide bonds. The summed E-state index contributed by atoms with van der Waals surface area (Å²) in [6.07, 6.45) is 1.74. The number of carbonyl (C=O) groups is 1. The topological polar surface area (TPSA) is 29.1 Å². The third kappa shape index (κ3) is 2.26. The van der Waals surface area contributed by atoms with Crippen molar-refractivity contribution in [3.8, 4) is 0 Å². The maximum atomic E-state index is 12.5. The summed E-state index contributed by atoms with van der Waals surface area (Å²) in [6.45, 7) is 2.10. The number of hydrogen-bond acceptors (Lipinski definition) is 2. The highest BCUT2D eigenvalue weighted by Gasteiger charge is 2.26. The van der Waals surface area contributed by atoms with E-state index >= 15 is 0 Å². The lowest BCUT2D eigenvalue weighted by Gasteiger charge is -2.11. The van der Waals surface area contributed by atoms with Crippen molar-refractivity contribution in [2.75, 3.05) is 5.32 Å². The Balaban J connectivity index is 1.83. The molecule has 2 aromatic rings. The highest BCUT2D eigenvalue weighted by molar-refractivity contribution is 6.03. The molecular formula is C17H17NO. The smallest absolute Gasteiger partial charge is 0.185 e. The van der Waals surface area contributed by atoms with Crippen LogP contribution in [0.25, 0.3) is 0 Å². The maximum absolute atomic E-state index is 12.5. The predicted molar refractivity (Wildman–Crippen MR) is 77.7 cm³/mol. The zero-order chi connectivity index (χ0) is 13.2. The monoisotopic (exact) mass is 251 g/mol. The van der Waals surface area contributed by atoms with E-state index in [4.69, 9.17) is 0 Å². The molecule has 0 aliphatic carbocycles. The van der Waals surface area contributed by atoms with E-state index in [2.05, 4.69) is 24.4 Å². The summed E-state index contributed by atoms with van der Waals surface area (Å²) < 4.78 is 0. The number of benzene rings is 2. The molecule has 1 N–H and O–H groups in total. The molecule has 0 bridgehead atoms. The number of carbonyl (C=O) groups excluding carboxylic acids is 1. The van der Waals surface area contributed by atoms with Crippen LogP contribution in [-0.4, -0.2) is 11.8 Å². The second kappa shape index (κ2) is 4.88. The van der Waals surface area contributed by atoms with Gasteiger partial charge in [0.1, 0.15) is 0 Å². The summed E-state index contributed by atoms with van der Waals surface area (Å²) in [5.41, 5.74) is 4.34. The van der Waals surface area contributed by atoms with Gasteiger partial charge in [0.25, 0.3) is 0 Å². The van der Waals surface area contributed by atoms with Crippen molar-refractivity contribution in [1.82, 2.24) is 0 Å². The normalized spacial score (nSPS) is 16.8. The first kappa shape index (κ1) is 12.0. The summed E-state index contributed by atoms with van der Waals surface area (Å²) in [5.74, 6) is 0.187. The fourth-order valence-electron chi connectivity index (χ4n) is 2.60. The molecule has 3 rings (SSSR count). The van der Waals surface area contributed by atoms with Crippen LogP contribution in [0.3, 0.4) is 0 Å². The van der Waals surface area contributed by atoms with Gasteiger partial charge in [0.05, 0.1) is 6.04 Å². The van der Waals surface area contributed by atoms with Gasteiger partial charge in [-0.1, -0.05) is 43.3 Å². The van der Waals surface area contributed by atoms with Gasteiger partial charge in [-0.05, 0) is 29.7 Å². The van der Waals surface area contributed by atoms with E-state index in [1.807, 2.05) is 36.4 Å². The molecule has 2 nitrogen and oxygen atoms in total. The largest absolute Gasteiger partial charge is 0.374 e. The van der Waals surface area contributed by atoms with E-state index in [9.17, 15) is 4.79 Å². The Hall–Kier alpha value is -2.09. The number of ketones is 1. The lowest BCUT2D eigenvalue weighted by atomic mass is 9.99. The second-order valence-electron chi connectivity index (χ2n) is 4.98. The molecule has 2 aromatic carbocycles. The summed E-state index contributed by atoms with van der Waals surface area (Å²) in [6, 6.07) is 16.0. The van der Waals surface area contributed by atoms with Crippen LogP contribution in [-0.2, 0) is 12.8 Å². The zero-order valence-electron chi connectivity index (χ0n) is 11.0. The Morgan fingerprint density at radius 3 is 2.84 bits per heavy atom. The van der Waals surface area contributed by atoms with E-state index < -0.39 is 0 Å². The highest BCUT2D eigenvalue weighted by atomic mass is 16.1. The number of para-hydroxylation sites is 1. The van der Waals surface area contributed by atoms with E-state index in [1.165, 1.54) is 11.1 Å². The number of fused-ring (bicyclic) bond motifs is 1. The van der Waals surface area contributed by atoms with Gasteiger partial charge in [0.15, 0.2) is 5.78 Å². The molecule has 0 spiro atoms. The molecule has 96 valence electrons. The molecule has 1 heterocycles. The molecule has 0 radical (unpaired) electrons. The average molecular weight is 251 g/mol. The Morgan fingerprint density at radius 1 is 1.21 bits per heavy atom. The van der Waals surface area contributed by atoms with E-state index in [1.54, 1.807) is 0 Å². The van der Waals surface area contributed by atoms with Crippen molar-refractivity contribution in [2.45, 2.75) is 25.8 Å². The number of rotatable bonds is 3. The minimum atomic E-state index is -0.121. The molecule has 1 aliphatic rings. The van der Waals surface area contributed by atoms with Gasteiger partial charge in [-0.25, -0.2) is 0 Å². The summed E-state index contributed by atoms with van der Waals surface area (Å²) in [4.78, 5) is 12.5. The van der Waals surface area contributed by atoms with Crippen LogP contribution in [0.1, 0.15) is 28.4 Å². The first-order valence-corrected chi connectivity index (χ1v) is 6.75. The van der Waals surface area contributed by atoms with Crippen molar-refractivity contribution in [3.63, 3.8) is 0 Å². The Labute approximate surface area is 113 Å². The van der Waals surface area contributed by atoms with Crippen LogP contribution >= 0.6 is 0 Å². The lowest BCUT2D eigenvalue weighted by molar-refractivity contribution is 0.0971. The van der Waals surface area contributed by atoms with Gasteiger partial charge in [0, 0.05) is 17.7 Å². The average Bonchev–Trinajstić information content (AvgIpc) is 2.90. The predicted octanol–water partition coefficient (Wildman–Crippen LogP) is 3.47. The van der Waals surface area contributed by atoms with Crippen LogP contribution in [0.15, 0.2) is 48.5 Å². The summed E-state index contributed by atoms with van der Waals surface area (Å²) >= 11 is 0. The van der Waals surface area contributed by atoms with Crippen LogP contribution in [0, 0.1) is 0 Å². The van der Waals surface area contributed by atoms with Crippen LogP contribution in [0.4, 0.5) is 5.69 Å². The van der Waals surface area contributed by atoms with Crippen LogP contribution in [0.5, 0.6) is 0 Å². The number of anilines is 1. The first-order valence-electron chi connectivity index (χ1n) is 6.75. The first-order chi connectivity index (χ1) is 9.28. The molecule has 0 fully saturated rings. The van der Waals surface area contributed by atoms with Gasteiger partial charge < -0.3 is 5.32 Å². The van der Waals surface area contributed by atoms with E-state index in [-0.39, 0.29) is 11.8 Å². The quantitative estimate of drug-likeness (QED) is 0.846. The molecule has 1 atom stereocenters. The summed E-state index contributed by atoms with van der Waals surface area (Å²) in [7, 11) is 0. The van der Waals surface area contributed by atoms with Gasteiger partial charge in [0.2, 0.25) is 0 Å². The third-order valence-electron chi connectivity index (χ3n) is 3.71. The standard InChI is InChI=1S/C17H17NO/c1-2-12-6-5-8-14(10-12)17(19)16-11-13-7-3-4-9-15(13)18-16/h3-10,16,18H,2,11H2,1H3. The van der Waals surface area contributed by atoms with Crippen LogP contribution < -0.4 is 5.32 Å². The van der Waals surface area contributed by atoms with Crippen molar-refractivity contribution in [2.24, 2.45) is 0 Å². The number of Topliss-reactive ketones (excluding diaryl/α,β-unsaturated/α-hetero) is 1. The van der Waals surface area contributed by atoms with Gasteiger partial charge >= 0.3 is 0 Å². The molecule has 0 aromatic heterocycles. The van der Waals surface area contributed by atoms with Crippen molar-refractivity contribution >= 4 is 11.5 Å². The molecule has 19 heavy (non-hydrogen) atoms.